The zero-order valence-corrected chi connectivity index (χ0v) is 19.6. The minimum absolute atomic E-state index is 0.00531. The number of ketones is 1. The Morgan fingerprint density at radius 3 is 2.38 bits per heavy atom. The van der Waals surface area contributed by atoms with E-state index in [2.05, 4.69) is 0 Å². The molecule has 1 atom stereocenters. The lowest BCUT2D eigenvalue weighted by molar-refractivity contribution is -0.140. The van der Waals surface area contributed by atoms with E-state index in [1.54, 1.807) is 0 Å². The van der Waals surface area contributed by atoms with E-state index in [-0.39, 0.29) is 22.6 Å². The fraction of sp³-hybridized carbons (Fsp3) is 0.333. The highest BCUT2D eigenvalue weighted by Crippen LogP contribution is 2.43. The van der Waals surface area contributed by atoms with Crippen molar-refractivity contribution in [3.8, 4) is 11.5 Å². The lowest BCUT2D eigenvalue weighted by Crippen LogP contribution is -2.35. The monoisotopic (exact) mass is 458 g/mol. The quantitative estimate of drug-likeness (QED) is 0.387. The summed E-state index contributed by atoms with van der Waals surface area (Å²) in [5, 5.41) is 11.6. The number of likely N-dealkylation sites (N-methyl/N-ethyl adjacent to an activating group) is 1. The Hall–Kier alpha value is -3.03. The maximum absolute atomic E-state index is 13.2. The summed E-state index contributed by atoms with van der Waals surface area (Å²) in [6, 6.07) is 9.77. The summed E-state index contributed by atoms with van der Waals surface area (Å²) >= 11 is 6.20. The molecule has 1 fully saturated rings. The Balaban J connectivity index is 2.26. The van der Waals surface area contributed by atoms with E-state index in [0.717, 1.165) is 11.1 Å². The molecule has 32 heavy (non-hydrogen) atoms. The summed E-state index contributed by atoms with van der Waals surface area (Å²) in [6.45, 7) is 2.80. The second-order valence-electron chi connectivity index (χ2n) is 7.84. The van der Waals surface area contributed by atoms with Gasteiger partial charge in [0, 0.05) is 19.2 Å². The highest BCUT2D eigenvalue weighted by atomic mass is 35.5. The van der Waals surface area contributed by atoms with Crippen molar-refractivity contribution in [2.45, 2.75) is 13.0 Å². The number of aliphatic hydroxyl groups excluding tert-OH is 1. The molecule has 8 heteroatoms. The van der Waals surface area contributed by atoms with Crippen molar-refractivity contribution < 1.29 is 24.2 Å². The molecule has 2 aromatic rings. The predicted octanol–water partition coefficient (Wildman–Crippen LogP) is 3.65. The molecular weight excluding hydrogens is 432 g/mol. The topological polar surface area (TPSA) is 79.3 Å². The third-order valence-corrected chi connectivity index (χ3v) is 5.84. The number of aryl methyl sites for hydroxylation is 1. The molecule has 1 aliphatic rings. The number of aliphatic hydroxyl groups is 1. The van der Waals surface area contributed by atoms with Crippen molar-refractivity contribution in [3.63, 3.8) is 0 Å². The summed E-state index contributed by atoms with van der Waals surface area (Å²) in [7, 11) is 6.67. The van der Waals surface area contributed by atoms with E-state index < -0.39 is 17.7 Å². The minimum atomic E-state index is -0.745. The summed E-state index contributed by atoms with van der Waals surface area (Å²) < 4.78 is 10.7. The Labute approximate surface area is 192 Å². The molecule has 0 saturated carbocycles. The number of halogens is 1. The summed E-state index contributed by atoms with van der Waals surface area (Å²) in [5.41, 5.74) is 1.90. The van der Waals surface area contributed by atoms with Crippen LogP contribution in [-0.2, 0) is 9.59 Å². The number of amides is 1. The first kappa shape index (κ1) is 23.6. The van der Waals surface area contributed by atoms with Gasteiger partial charge in [-0.25, -0.2) is 0 Å². The van der Waals surface area contributed by atoms with Crippen molar-refractivity contribution >= 4 is 29.1 Å². The van der Waals surface area contributed by atoms with Crippen LogP contribution in [-0.4, -0.2) is 68.0 Å². The van der Waals surface area contributed by atoms with Gasteiger partial charge in [-0.1, -0.05) is 35.9 Å². The second kappa shape index (κ2) is 9.63. The van der Waals surface area contributed by atoms with Gasteiger partial charge in [0.1, 0.15) is 17.3 Å². The highest BCUT2D eigenvalue weighted by molar-refractivity contribution is 6.46. The van der Waals surface area contributed by atoms with Crippen LogP contribution in [0.2, 0.25) is 5.02 Å². The molecule has 1 N–H and O–H groups in total. The smallest absolute Gasteiger partial charge is 0.295 e. The van der Waals surface area contributed by atoms with Gasteiger partial charge in [-0.2, -0.15) is 0 Å². The zero-order chi connectivity index (χ0) is 23.6. The number of benzene rings is 2. The van der Waals surface area contributed by atoms with Crippen LogP contribution in [0, 0.1) is 6.92 Å². The molecule has 1 saturated heterocycles. The van der Waals surface area contributed by atoms with Gasteiger partial charge in [-0.15, -0.1) is 0 Å². The van der Waals surface area contributed by atoms with Crippen LogP contribution in [0.3, 0.4) is 0 Å². The van der Waals surface area contributed by atoms with Gasteiger partial charge >= 0.3 is 0 Å². The number of ether oxygens (including phenoxy) is 2. The normalized spacial score (nSPS) is 17.8. The SMILES string of the molecule is COc1cc(/C(O)=C2\C(=O)C(=O)N(CCN(C)C)C2c2ccccc2C)c(OC)cc1Cl. The van der Waals surface area contributed by atoms with E-state index in [0.29, 0.717) is 23.9 Å². The van der Waals surface area contributed by atoms with Crippen LogP contribution >= 0.6 is 11.6 Å². The number of hydrogen-bond acceptors (Lipinski definition) is 6. The van der Waals surface area contributed by atoms with Gasteiger partial charge in [0.2, 0.25) is 0 Å². The molecule has 170 valence electrons. The molecule has 2 aromatic carbocycles. The lowest BCUT2D eigenvalue weighted by atomic mass is 9.92. The summed E-state index contributed by atoms with van der Waals surface area (Å²) in [5.74, 6) is -1.16. The van der Waals surface area contributed by atoms with Crippen LogP contribution in [0.5, 0.6) is 11.5 Å². The fourth-order valence-electron chi connectivity index (χ4n) is 3.83. The zero-order valence-electron chi connectivity index (χ0n) is 18.8. The molecule has 0 radical (unpaired) electrons. The molecule has 1 heterocycles. The van der Waals surface area contributed by atoms with E-state index in [1.807, 2.05) is 50.2 Å². The van der Waals surface area contributed by atoms with Crippen LogP contribution < -0.4 is 9.47 Å². The number of rotatable bonds is 7. The molecule has 7 nitrogen and oxygen atoms in total. The summed E-state index contributed by atoms with van der Waals surface area (Å²) in [4.78, 5) is 29.6. The number of hydrogen-bond donors (Lipinski definition) is 1. The van der Waals surface area contributed by atoms with Crippen LogP contribution in [0.15, 0.2) is 42.0 Å². The average Bonchev–Trinajstić information content (AvgIpc) is 3.01. The molecule has 0 aromatic heterocycles. The molecule has 1 amide bonds. The Morgan fingerprint density at radius 2 is 1.78 bits per heavy atom. The van der Waals surface area contributed by atoms with E-state index in [4.69, 9.17) is 21.1 Å². The highest BCUT2D eigenvalue weighted by Gasteiger charge is 2.46. The maximum atomic E-state index is 13.2. The minimum Gasteiger partial charge on any atom is -0.507 e. The predicted molar refractivity (Wildman–Crippen MR) is 123 cm³/mol. The number of nitrogens with zero attached hydrogens (tertiary/aromatic N) is 2. The number of Topliss-reactive ketones (excluding diaryl/α,β-unsaturated/α-hetero) is 1. The molecule has 0 bridgehead atoms. The van der Waals surface area contributed by atoms with Crippen molar-refractivity contribution in [3.05, 3.63) is 63.7 Å². The average molecular weight is 459 g/mol. The third kappa shape index (κ3) is 4.31. The standard InChI is InChI=1S/C24H27ClN2O5/c1-14-8-6-7-9-15(14)21-20(23(29)24(30)27(21)11-10-26(2)3)22(28)16-12-19(32-5)17(25)13-18(16)31-4/h6-9,12-13,21,28H,10-11H2,1-5H3/b22-20+. The van der Waals surface area contributed by atoms with Crippen molar-refractivity contribution in [1.29, 1.82) is 0 Å². The molecule has 0 aliphatic carbocycles. The van der Waals surface area contributed by atoms with Gasteiger partial charge in [0.05, 0.1) is 36.4 Å². The Bertz CT molecular complexity index is 1080. The molecule has 3 rings (SSSR count). The second-order valence-corrected chi connectivity index (χ2v) is 8.25. The number of methoxy groups -OCH3 is 2. The molecule has 0 spiro atoms. The van der Waals surface area contributed by atoms with E-state index >= 15 is 0 Å². The van der Waals surface area contributed by atoms with Gasteiger partial charge in [-0.3, -0.25) is 9.59 Å². The van der Waals surface area contributed by atoms with Gasteiger partial charge in [-0.05, 0) is 38.2 Å². The van der Waals surface area contributed by atoms with Crippen LogP contribution in [0.1, 0.15) is 22.7 Å². The van der Waals surface area contributed by atoms with Crippen LogP contribution in [0.25, 0.3) is 5.76 Å². The van der Waals surface area contributed by atoms with Gasteiger partial charge in [0.25, 0.3) is 11.7 Å². The first-order chi connectivity index (χ1) is 15.2. The van der Waals surface area contributed by atoms with Gasteiger partial charge < -0.3 is 24.4 Å². The van der Waals surface area contributed by atoms with Crippen molar-refractivity contribution in [2.75, 3.05) is 41.4 Å². The Morgan fingerprint density at radius 1 is 1.12 bits per heavy atom. The van der Waals surface area contributed by atoms with Crippen LogP contribution in [0.4, 0.5) is 0 Å². The van der Waals surface area contributed by atoms with Crippen molar-refractivity contribution in [2.24, 2.45) is 0 Å². The molecule has 1 unspecified atom stereocenters. The summed E-state index contributed by atoms with van der Waals surface area (Å²) in [6.07, 6.45) is 0. The molecule has 1 aliphatic heterocycles. The number of carbonyl (C=O) groups is 2. The number of carbonyl (C=O) groups excluding carboxylic acids is 2. The van der Waals surface area contributed by atoms with E-state index in [9.17, 15) is 14.7 Å². The molecular formula is C24H27ClN2O5. The Kier molecular flexibility index (Phi) is 7.11. The van der Waals surface area contributed by atoms with Gasteiger partial charge in [0.15, 0.2) is 0 Å². The lowest BCUT2D eigenvalue weighted by Gasteiger charge is -2.27. The largest absolute Gasteiger partial charge is 0.507 e. The maximum Gasteiger partial charge on any atom is 0.295 e. The van der Waals surface area contributed by atoms with Crippen molar-refractivity contribution in [1.82, 2.24) is 9.80 Å². The first-order valence-corrected chi connectivity index (χ1v) is 10.5. The first-order valence-electron chi connectivity index (χ1n) is 10.1. The fourth-order valence-corrected chi connectivity index (χ4v) is 4.06. The third-order valence-electron chi connectivity index (χ3n) is 5.54. The van der Waals surface area contributed by atoms with E-state index in [1.165, 1.54) is 31.3 Å². The number of likely N-dealkylation sites (tertiary alicyclic amines) is 1.